The molecule has 0 radical (unpaired) electrons. The van der Waals surface area contributed by atoms with E-state index in [1.165, 1.54) is 11.5 Å². The lowest BCUT2D eigenvalue weighted by Gasteiger charge is -2.10. The highest BCUT2D eigenvalue weighted by Crippen LogP contribution is 2.29. The van der Waals surface area contributed by atoms with E-state index in [2.05, 4.69) is 34.9 Å². The summed E-state index contributed by atoms with van der Waals surface area (Å²) >= 11 is 3.07. The van der Waals surface area contributed by atoms with Gasteiger partial charge in [-0.2, -0.15) is 11.3 Å². The van der Waals surface area contributed by atoms with Crippen molar-refractivity contribution in [2.75, 3.05) is 0 Å². The van der Waals surface area contributed by atoms with E-state index >= 15 is 0 Å². The molecule has 0 aliphatic heterocycles. The van der Waals surface area contributed by atoms with Crippen molar-refractivity contribution in [1.29, 1.82) is 0 Å². The molecule has 0 saturated carbocycles. The molecular formula is C10H13N3S2. The van der Waals surface area contributed by atoms with Crippen LogP contribution in [0, 0.1) is 0 Å². The summed E-state index contributed by atoms with van der Waals surface area (Å²) in [7, 11) is 0. The second kappa shape index (κ2) is 4.38. The van der Waals surface area contributed by atoms with Crippen LogP contribution in [-0.2, 0) is 0 Å². The zero-order chi connectivity index (χ0) is 10.8. The average molecular weight is 239 g/mol. The predicted molar refractivity (Wildman–Crippen MR) is 64.3 cm³/mol. The summed E-state index contributed by atoms with van der Waals surface area (Å²) in [6, 6.07) is 1.98. The molecule has 0 amide bonds. The molecule has 3 nitrogen and oxygen atoms in total. The van der Waals surface area contributed by atoms with Crippen molar-refractivity contribution in [2.45, 2.75) is 25.8 Å². The second-order valence-corrected chi connectivity index (χ2v) is 5.28. The first-order chi connectivity index (χ1) is 7.20. The van der Waals surface area contributed by atoms with Crippen LogP contribution in [0.2, 0.25) is 0 Å². The Labute approximate surface area is 97.1 Å². The molecule has 2 heterocycles. The van der Waals surface area contributed by atoms with Gasteiger partial charge in [-0.3, -0.25) is 0 Å². The van der Waals surface area contributed by atoms with Crippen LogP contribution in [0.3, 0.4) is 0 Å². The molecule has 0 bridgehead atoms. The van der Waals surface area contributed by atoms with E-state index in [9.17, 15) is 0 Å². The molecule has 80 valence electrons. The van der Waals surface area contributed by atoms with Crippen molar-refractivity contribution in [2.24, 2.45) is 5.73 Å². The molecule has 2 N–H and O–H groups in total. The maximum Gasteiger partial charge on any atom is 0.0832 e. The van der Waals surface area contributed by atoms with Gasteiger partial charge in [-0.05, 0) is 39.8 Å². The molecule has 0 aliphatic rings. The van der Waals surface area contributed by atoms with Gasteiger partial charge in [-0.15, -0.1) is 5.10 Å². The third kappa shape index (κ3) is 2.09. The highest BCUT2D eigenvalue weighted by Gasteiger charge is 2.19. The number of nitrogens with zero attached hydrogens (tertiary/aromatic N) is 2. The van der Waals surface area contributed by atoms with Gasteiger partial charge in [0.05, 0.1) is 16.6 Å². The second-order valence-electron chi connectivity index (χ2n) is 3.71. The van der Waals surface area contributed by atoms with Crippen molar-refractivity contribution in [3.8, 4) is 0 Å². The molecule has 1 unspecified atom stereocenters. The van der Waals surface area contributed by atoms with E-state index in [0.29, 0.717) is 5.92 Å². The Balaban J connectivity index is 2.33. The third-order valence-corrected chi connectivity index (χ3v) is 3.80. The Hall–Kier alpha value is -0.780. The predicted octanol–water partition coefficient (Wildman–Crippen LogP) is 2.77. The van der Waals surface area contributed by atoms with Crippen LogP contribution in [0.1, 0.15) is 41.9 Å². The number of aromatic nitrogens is 2. The molecule has 0 aliphatic carbocycles. The van der Waals surface area contributed by atoms with Gasteiger partial charge in [0, 0.05) is 0 Å². The summed E-state index contributed by atoms with van der Waals surface area (Å²) < 4.78 is 3.99. The Morgan fingerprint density at radius 3 is 2.80 bits per heavy atom. The summed E-state index contributed by atoms with van der Waals surface area (Å²) in [6.45, 7) is 4.22. The van der Waals surface area contributed by atoms with Crippen LogP contribution < -0.4 is 5.73 Å². The van der Waals surface area contributed by atoms with E-state index in [0.717, 1.165) is 16.1 Å². The van der Waals surface area contributed by atoms with Crippen molar-refractivity contribution in [3.05, 3.63) is 33.0 Å². The Morgan fingerprint density at radius 1 is 1.40 bits per heavy atom. The number of thiophene rings is 1. The number of rotatable bonds is 3. The zero-order valence-electron chi connectivity index (χ0n) is 8.68. The molecular weight excluding hydrogens is 226 g/mol. The van der Waals surface area contributed by atoms with Crippen molar-refractivity contribution in [1.82, 2.24) is 9.59 Å². The molecule has 2 rings (SSSR count). The summed E-state index contributed by atoms with van der Waals surface area (Å²) in [5.74, 6) is 0.378. The Morgan fingerprint density at radius 2 is 2.20 bits per heavy atom. The molecule has 0 aromatic carbocycles. The lowest BCUT2D eigenvalue weighted by atomic mass is 10.0. The Kier molecular flexibility index (Phi) is 3.14. The highest BCUT2D eigenvalue weighted by molar-refractivity contribution is 7.08. The first kappa shape index (κ1) is 10.7. The molecule has 1 atom stereocenters. The minimum Gasteiger partial charge on any atom is -0.319 e. The van der Waals surface area contributed by atoms with Crippen LogP contribution in [0.25, 0.3) is 0 Å². The SMILES string of the molecule is CC(C)c1nnsc1C(N)c1ccsc1. The van der Waals surface area contributed by atoms with Crippen LogP contribution in [0.5, 0.6) is 0 Å². The number of hydrogen-bond acceptors (Lipinski definition) is 5. The van der Waals surface area contributed by atoms with E-state index < -0.39 is 0 Å². The molecule has 5 heteroatoms. The van der Waals surface area contributed by atoms with E-state index in [1.807, 2.05) is 5.38 Å². The van der Waals surface area contributed by atoms with Gasteiger partial charge in [0.15, 0.2) is 0 Å². The number of hydrogen-bond donors (Lipinski definition) is 1. The van der Waals surface area contributed by atoms with E-state index in [4.69, 9.17) is 5.73 Å². The topological polar surface area (TPSA) is 51.8 Å². The summed E-state index contributed by atoms with van der Waals surface area (Å²) in [5.41, 5.74) is 8.35. The average Bonchev–Trinajstić information content (AvgIpc) is 2.88. The largest absolute Gasteiger partial charge is 0.319 e. The van der Waals surface area contributed by atoms with Gasteiger partial charge < -0.3 is 5.73 Å². The fourth-order valence-corrected chi connectivity index (χ4v) is 2.96. The first-order valence-electron chi connectivity index (χ1n) is 4.80. The van der Waals surface area contributed by atoms with Crippen molar-refractivity contribution in [3.63, 3.8) is 0 Å². The molecule has 0 fully saturated rings. The molecule has 0 saturated heterocycles. The first-order valence-corrected chi connectivity index (χ1v) is 6.51. The van der Waals surface area contributed by atoms with Gasteiger partial charge >= 0.3 is 0 Å². The minimum absolute atomic E-state index is 0.0753. The third-order valence-electron chi connectivity index (χ3n) is 2.27. The fraction of sp³-hybridized carbons (Fsp3) is 0.400. The van der Waals surface area contributed by atoms with Crippen LogP contribution in [0.4, 0.5) is 0 Å². The highest BCUT2D eigenvalue weighted by atomic mass is 32.1. The maximum absolute atomic E-state index is 6.18. The normalized spacial score (nSPS) is 13.3. The van der Waals surface area contributed by atoms with Crippen LogP contribution in [-0.4, -0.2) is 9.59 Å². The van der Waals surface area contributed by atoms with Gasteiger partial charge in [0.1, 0.15) is 0 Å². The summed E-state index contributed by atoms with van der Waals surface area (Å²) in [6.07, 6.45) is 0. The van der Waals surface area contributed by atoms with Crippen LogP contribution >= 0.6 is 22.9 Å². The fourth-order valence-electron chi connectivity index (χ4n) is 1.42. The van der Waals surface area contributed by atoms with Crippen molar-refractivity contribution >= 4 is 22.9 Å². The summed E-state index contributed by atoms with van der Waals surface area (Å²) in [5, 5.41) is 8.26. The smallest absolute Gasteiger partial charge is 0.0832 e. The number of nitrogens with two attached hydrogens (primary N) is 1. The molecule has 2 aromatic rings. The monoisotopic (exact) mass is 239 g/mol. The van der Waals surface area contributed by atoms with E-state index in [1.54, 1.807) is 11.3 Å². The van der Waals surface area contributed by atoms with Gasteiger partial charge in [0.2, 0.25) is 0 Å². The summed E-state index contributed by atoms with van der Waals surface area (Å²) in [4.78, 5) is 1.09. The van der Waals surface area contributed by atoms with Gasteiger partial charge in [0.25, 0.3) is 0 Å². The van der Waals surface area contributed by atoms with Gasteiger partial charge in [-0.1, -0.05) is 18.3 Å². The standard InChI is InChI=1S/C10H13N3S2/c1-6(2)9-10(15-13-12-9)8(11)7-3-4-14-5-7/h3-6,8H,11H2,1-2H3. The lowest BCUT2D eigenvalue weighted by Crippen LogP contribution is -2.12. The zero-order valence-corrected chi connectivity index (χ0v) is 10.3. The lowest BCUT2D eigenvalue weighted by molar-refractivity contribution is 0.772. The minimum atomic E-state index is -0.0753. The quantitative estimate of drug-likeness (QED) is 0.896. The Bertz CT molecular complexity index is 420. The molecule has 2 aromatic heterocycles. The molecule has 15 heavy (non-hydrogen) atoms. The van der Waals surface area contributed by atoms with Crippen LogP contribution in [0.15, 0.2) is 16.8 Å². The van der Waals surface area contributed by atoms with Gasteiger partial charge in [-0.25, -0.2) is 0 Å². The maximum atomic E-state index is 6.18. The van der Waals surface area contributed by atoms with Crippen molar-refractivity contribution < 1.29 is 0 Å². The van der Waals surface area contributed by atoms with E-state index in [-0.39, 0.29) is 6.04 Å². The molecule has 0 spiro atoms.